The number of hydrogen-bond acceptors (Lipinski definition) is 3. The lowest BCUT2D eigenvalue weighted by atomic mass is 10.0. The molecule has 0 unspecified atom stereocenters. The van der Waals surface area contributed by atoms with E-state index in [1.165, 1.54) is 6.07 Å². The summed E-state index contributed by atoms with van der Waals surface area (Å²) in [4.78, 5) is 4.04. The number of rotatable bonds is 3. The lowest BCUT2D eigenvalue weighted by molar-refractivity contribution is 0.150. The summed E-state index contributed by atoms with van der Waals surface area (Å²) in [6.45, 7) is 1.65. The molecule has 5 heteroatoms. The van der Waals surface area contributed by atoms with E-state index in [2.05, 4.69) is 4.98 Å². The number of nitriles is 1. The number of nitrogens with two attached hydrogens (primary N) is 1. The average Bonchev–Trinajstić information content (AvgIpc) is 2.17. The van der Waals surface area contributed by atoms with E-state index in [-0.39, 0.29) is 18.5 Å². The lowest BCUT2D eigenvalue weighted by Gasteiger charge is -2.11. The number of aryl methyl sites for hydroxylation is 1. The van der Waals surface area contributed by atoms with Crippen molar-refractivity contribution in [2.24, 2.45) is 5.73 Å². The maximum atomic E-state index is 12.6. The Morgan fingerprint density at radius 2 is 2.27 bits per heavy atom. The van der Waals surface area contributed by atoms with Crippen LogP contribution in [0.4, 0.5) is 8.78 Å². The molecule has 80 valence electrons. The van der Waals surface area contributed by atoms with Gasteiger partial charge in [-0.3, -0.25) is 4.98 Å². The van der Waals surface area contributed by atoms with Gasteiger partial charge in [-0.05, 0) is 18.6 Å². The fourth-order valence-corrected chi connectivity index (χ4v) is 1.42. The second-order valence-corrected chi connectivity index (χ2v) is 3.11. The largest absolute Gasteiger partial charge is 0.326 e. The zero-order valence-corrected chi connectivity index (χ0v) is 8.30. The molecule has 0 amide bonds. The zero-order valence-electron chi connectivity index (χ0n) is 8.30. The van der Waals surface area contributed by atoms with Crippen LogP contribution in [-0.4, -0.2) is 4.98 Å². The number of nitrogens with zero attached hydrogens (tertiary/aromatic N) is 2. The Balaban J connectivity index is 3.27. The molecule has 1 aromatic rings. The minimum Gasteiger partial charge on any atom is -0.326 e. The summed E-state index contributed by atoms with van der Waals surface area (Å²) in [5, 5.41) is 8.46. The molecule has 0 fully saturated rings. The summed E-state index contributed by atoms with van der Waals surface area (Å²) >= 11 is 0. The van der Waals surface area contributed by atoms with E-state index in [1.54, 1.807) is 6.92 Å². The number of pyridine rings is 1. The Kier molecular flexibility index (Phi) is 3.69. The van der Waals surface area contributed by atoms with Crippen molar-refractivity contribution >= 4 is 0 Å². The van der Waals surface area contributed by atoms with Gasteiger partial charge in [-0.2, -0.15) is 5.26 Å². The molecule has 0 spiro atoms. The predicted molar refractivity (Wildman–Crippen MR) is 51.1 cm³/mol. The van der Waals surface area contributed by atoms with Crippen molar-refractivity contribution in [2.75, 3.05) is 0 Å². The van der Waals surface area contributed by atoms with Crippen LogP contribution in [0.3, 0.4) is 0 Å². The second kappa shape index (κ2) is 4.80. The molecule has 0 aromatic carbocycles. The fourth-order valence-electron chi connectivity index (χ4n) is 1.42. The summed E-state index contributed by atoms with van der Waals surface area (Å²) in [5.74, 6) is 0. The average molecular weight is 211 g/mol. The predicted octanol–water partition coefficient (Wildman–Crippen LogP) is 1.85. The summed E-state index contributed by atoms with van der Waals surface area (Å²) < 4.78 is 25.3. The van der Waals surface area contributed by atoms with Crippen LogP contribution < -0.4 is 5.73 Å². The molecule has 0 aliphatic rings. The Bertz CT molecular complexity index is 396. The van der Waals surface area contributed by atoms with E-state index in [0.717, 1.165) is 0 Å². The van der Waals surface area contributed by atoms with Gasteiger partial charge in [0.1, 0.15) is 0 Å². The first-order valence-corrected chi connectivity index (χ1v) is 4.44. The first kappa shape index (κ1) is 11.5. The summed E-state index contributed by atoms with van der Waals surface area (Å²) in [5.41, 5.74) is 6.46. The molecule has 0 aliphatic heterocycles. The van der Waals surface area contributed by atoms with E-state index in [0.29, 0.717) is 17.0 Å². The van der Waals surface area contributed by atoms with Crippen molar-refractivity contribution in [1.29, 1.82) is 5.26 Å². The van der Waals surface area contributed by atoms with Gasteiger partial charge in [0.25, 0.3) is 6.43 Å². The van der Waals surface area contributed by atoms with Gasteiger partial charge in [0.05, 0.1) is 18.2 Å². The second-order valence-electron chi connectivity index (χ2n) is 3.11. The van der Waals surface area contributed by atoms with E-state index < -0.39 is 6.43 Å². The Morgan fingerprint density at radius 1 is 1.60 bits per heavy atom. The van der Waals surface area contributed by atoms with Crippen molar-refractivity contribution in [3.8, 4) is 6.07 Å². The molecule has 2 N–H and O–H groups in total. The van der Waals surface area contributed by atoms with Crippen LogP contribution in [0.1, 0.15) is 28.9 Å². The SMILES string of the molecule is Cc1nc(CC#N)cc(C(F)F)c1CN. The molecular formula is C10H11F2N3. The highest BCUT2D eigenvalue weighted by molar-refractivity contribution is 5.33. The first-order chi connectivity index (χ1) is 7.10. The number of aromatic nitrogens is 1. The lowest BCUT2D eigenvalue weighted by Crippen LogP contribution is -2.08. The van der Waals surface area contributed by atoms with Gasteiger partial charge < -0.3 is 5.73 Å². The Morgan fingerprint density at radius 3 is 2.73 bits per heavy atom. The van der Waals surface area contributed by atoms with Crippen LogP contribution in [0.25, 0.3) is 0 Å². The van der Waals surface area contributed by atoms with Crippen LogP contribution in [0, 0.1) is 18.3 Å². The van der Waals surface area contributed by atoms with Crippen molar-refractivity contribution in [3.05, 3.63) is 28.6 Å². The highest BCUT2D eigenvalue weighted by atomic mass is 19.3. The molecule has 1 heterocycles. The molecule has 0 saturated carbocycles. The van der Waals surface area contributed by atoms with Gasteiger partial charge >= 0.3 is 0 Å². The van der Waals surface area contributed by atoms with Crippen LogP contribution in [-0.2, 0) is 13.0 Å². The molecule has 0 bridgehead atoms. The summed E-state index contributed by atoms with van der Waals surface area (Å²) in [7, 11) is 0. The molecule has 15 heavy (non-hydrogen) atoms. The van der Waals surface area contributed by atoms with Gasteiger partial charge in [-0.15, -0.1) is 0 Å². The van der Waals surface area contributed by atoms with Gasteiger partial charge in [0, 0.05) is 17.8 Å². The van der Waals surface area contributed by atoms with Crippen LogP contribution >= 0.6 is 0 Å². The molecule has 0 atom stereocenters. The minimum absolute atomic E-state index is 0.0331. The normalized spacial score (nSPS) is 10.4. The third-order valence-electron chi connectivity index (χ3n) is 2.12. The third kappa shape index (κ3) is 2.48. The standard InChI is InChI=1S/C10H11F2N3/c1-6-9(5-14)8(10(11)12)4-7(15-6)2-3-13/h4,10H,2,5,14H2,1H3. The van der Waals surface area contributed by atoms with E-state index in [1.807, 2.05) is 6.07 Å². The smallest absolute Gasteiger partial charge is 0.264 e. The Labute approximate surface area is 86.5 Å². The zero-order chi connectivity index (χ0) is 11.4. The van der Waals surface area contributed by atoms with Crippen molar-refractivity contribution in [1.82, 2.24) is 4.98 Å². The van der Waals surface area contributed by atoms with Gasteiger partial charge in [-0.1, -0.05) is 0 Å². The molecular weight excluding hydrogens is 200 g/mol. The first-order valence-electron chi connectivity index (χ1n) is 4.44. The molecule has 3 nitrogen and oxygen atoms in total. The molecule has 1 aromatic heterocycles. The number of halogens is 2. The maximum Gasteiger partial charge on any atom is 0.264 e. The topological polar surface area (TPSA) is 62.7 Å². The monoisotopic (exact) mass is 211 g/mol. The quantitative estimate of drug-likeness (QED) is 0.829. The Hall–Kier alpha value is -1.54. The van der Waals surface area contributed by atoms with E-state index >= 15 is 0 Å². The third-order valence-corrected chi connectivity index (χ3v) is 2.12. The fraction of sp³-hybridized carbons (Fsp3) is 0.400. The number of alkyl halides is 2. The van der Waals surface area contributed by atoms with Crippen LogP contribution in [0.5, 0.6) is 0 Å². The van der Waals surface area contributed by atoms with E-state index in [4.69, 9.17) is 11.0 Å². The van der Waals surface area contributed by atoms with Gasteiger partial charge in [-0.25, -0.2) is 8.78 Å². The van der Waals surface area contributed by atoms with Crippen LogP contribution in [0.15, 0.2) is 6.07 Å². The molecule has 1 rings (SSSR count). The van der Waals surface area contributed by atoms with Crippen molar-refractivity contribution < 1.29 is 8.78 Å². The van der Waals surface area contributed by atoms with Gasteiger partial charge in [0.2, 0.25) is 0 Å². The maximum absolute atomic E-state index is 12.6. The molecule has 0 aliphatic carbocycles. The highest BCUT2D eigenvalue weighted by Crippen LogP contribution is 2.25. The highest BCUT2D eigenvalue weighted by Gasteiger charge is 2.16. The van der Waals surface area contributed by atoms with E-state index in [9.17, 15) is 8.78 Å². The summed E-state index contributed by atoms with van der Waals surface area (Å²) in [6.07, 6.45) is -2.55. The molecule has 0 radical (unpaired) electrons. The van der Waals surface area contributed by atoms with Crippen LogP contribution in [0.2, 0.25) is 0 Å². The van der Waals surface area contributed by atoms with Gasteiger partial charge in [0.15, 0.2) is 0 Å². The van der Waals surface area contributed by atoms with Crippen molar-refractivity contribution in [2.45, 2.75) is 26.3 Å². The van der Waals surface area contributed by atoms with Crippen molar-refractivity contribution in [3.63, 3.8) is 0 Å². The minimum atomic E-state index is -2.58. The summed E-state index contributed by atoms with van der Waals surface area (Å²) in [6, 6.07) is 3.13. The number of hydrogen-bond donors (Lipinski definition) is 1. The molecule has 0 saturated heterocycles.